The van der Waals surface area contributed by atoms with Gasteiger partial charge in [-0.3, -0.25) is 0 Å². The largest absolute Gasteiger partial charge is 0.206 e. The van der Waals surface area contributed by atoms with Gasteiger partial charge in [0, 0.05) is 0 Å². The summed E-state index contributed by atoms with van der Waals surface area (Å²) in [5, 5.41) is 0. The first-order valence-electron chi connectivity index (χ1n) is 6.68. The van der Waals surface area contributed by atoms with E-state index in [2.05, 4.69) is 22.9 Å². The SMILES string of the molecule is CCCCCCCCCc1ccc(F)c(Br)c1. The van der Waals surface area contributed by atoms with Gasteiger partial charge in [0.15, 0.2) is 0 Å². The lowest BCUT2D eigenvalue weighted by atomic mass is 10.0. The molecule has 0 spiro atoms. The van der Waals surface area contributed by atoms with Gasteiger partial charge in [0.2, 0.25) is 0 Å². The van der Waals surface area contributed by atoms with Crippen molar-refractivity contribution in [3.05, 3.63) is 34.1 Å². The molecule has 0 saturated heterocycles. The summed E-state index contributed by atoms with van der Waals surface area (Å²) >= 11 is 3.22. The maximum absolute atomic E-state index is 13.0. The number of benzene rings is 1. The number of hydrogen-bond donors (Lipinski definition) is 0. The second kappa shape index (κ2) is 8.68. The molecule has 0 aliphatic carbocycles. The highest BCUT2D eigenvalue weighted by Gasteiger charge is 2.00. The molecule has 1 aromatic carbocycles. The number of unbranched alkanes of at least 4 members (excludes halogenated alkanes) is 6. The summed E-state index contributed by atoms with van der Waals surface area (Å²) in [6.45, 7) is 2.24. The molecule has 0 fully saturated rings. The Balaban J connectivity index is 2.11. The van der Waals surface area contributed by atoms with Gasteiger partial charge in [0.1, 0.15) is 5.82 Å². The minimum absolute atomic E-state index is 0.173. The van der Waals surface area contributed by atoms with Gasteiger partial charge >= 0.3 is 0 Å². The standard InChI is InChI=1S/C15H22BrF/c1-2-3-4-5-6-7-8-9-13-10-11-15(17)14(16)12-13/h10-12H,2-9H2,1H3. The van der Waals surface area contributed by atoms with Gasteiger partial charge in [0.25, 0.3) is 0 Å². The lowest BCUT2D eigenvalue weighted by molar-refractivity contribution is 0.588. The average Bonchev–Trinajstić information content (AvgIpc) is 2.32. The molecule has 2 heteroatoms. The zero-order chi connectivity index (χ0) is 12.5. The van der Waals surface area contributed by atoms with Gasteiger partial charge in [-0.2, -0.15) is 0 Å². The second-order valence-electron chi connectivity index (χ2n) is 4.62. The third-order valence-corrected chi connectivity index (χ3v) is 3.66. The third-order valence-electron chi connectivity index (χ3n) is 3.05. The summed E-state index contributed by atoms with van der Waals surface area (Å²) in [5.41, 5.74) is 1.23. The molecule has 0 N–H and O–H groups in total. The molecule has 1 aromatic rings. The molecule has 17 heavy (non-hydrogen) atoms. The summed E-state index contributed by atoms with van der Waals surface area (Å²) in [7, 11) is 0. The van der Waals surface area contributed by atoms with Crippen LogP contribution in [0.25, 0.3) is 0 Å². The smallest absolute Gasteiger partial charge is 0.137 e. The molecule has 0 saturated carbocycles. The summed E-state index contributed by atoms with van der Waals surface area (Å²) in [6, 6.07) is 5.32. The number of halogens is 2. The first kappa shape index (κ1) is 14.7. The Morgan fingerprint density at radius 1 is 1.00 bits per heavy atom. The van der Waals surface area contributed by atoms with Gasteiger partial charge in [-0.1, -0.05) is 51.5 Å². The van der Waals surface area contributed by atoms with E-state index in [9.17, 15) is 4.39 Å². The van der Waals surface area contributed by atoms with Crippen LogP contribution in [0, 0.1) is 5.82 Å². The minimum Gasteiger partial charge on any atom is -0.206 e. The predicted molar refractivity (Wildman–Crippen MR) is 75.8 cm³/mol. The number of rotatable bonds is 8. The van der Waals surface area contributed by atoms with E-state index in [0.29, 0.717) is 4.47 Å². The maximum Gasteiger partial charge on any atom is 0.137 e. The molecule has 0 amide bonds. The highest BCUT2D eigenvalue weighted by atomic mass is 79.9. The highest BCUT2D eigenvalue weighted by molar-refractivity contribution is 9.10. The monoisotopic (exact) mass is 300 g/mol. The molecule has 0 heterocycles. The van der Waals surface area contributed by atoms with E-state index in [1.807, 2.05) is 12.1 Å². The molecule has 0 nitrogen and oxygen atoms in total. The number of aryl methyl sites for hydroxylation is 1. The van der Waals surface area contributed by atoms with Gasteiger partial charge in [-0.15, -0.1) is 0 Å². The molecule has 0 bridgehead atoms. The zero-order valence-corrected chi connectivity index (χ0v) is 12.2. The molecule has 0 atom stereocenters. The normalized spacial score (nSPS) is 10.8. The molecule has 0 radical (unpaired) electrons. The van der Waals surface area contributed by atoms with E-state index in [1.54, 1.807) is 6.07 Å². The Kier molecular flexibility index (Phi) is 7.50. The van der Waals surface area contributed by atoms with Crippen molar-refractivity contribution in [1.29, 1.82) is 0 Å². The molecule has 0 aliphatic rings. The Morgan fingerprint density at radius 3 is 2.29 bits per heavy atom. The summed E-state index contributed by atoms with van der Waals surface area (Å²) < 4.78 is 13.6. The van der Waals surface area contributed by atoms with E-state index < -0.39 is 0 Å². The fraction of sp³-hybridized carbons (Fsp3) is 0.600. The summed E-state index contributed by atoms with van der Waals surface area (Å²) in [6.07, 6.45) is 10.3. The van der Waals surface area contributed by atoms with Gasteiger partial charge < -0.3 is 0 Å². The van der Waals surface area contributed by atoms with Crippen LogP contribution in [0.2, 0.25) is 0 Å². The van der Waals surface area contributed by atoms with Crippen LogP contribution in [0.3, 0.4) is 0 Å². The van der Waals surface area contributed by atoms with Crippen LogP contribution in [0.1, 0.15) is 57.4 Å². The van der Waals surface area contributed by atoms with Crippen LogP contribution in [0.5, 0.6) is 0 Å². The molecular weight excluding hydrogens is 279 g/mol. The Bertz CT molecular complexity index is 323. The quantitative estimate of drug-likeness (QED) is 0.526. The van der Waals surface area contributed by atoms with Crippen molar-refractivity contribution in [3.8, 4) is 0 Å². The number of hydrogen-bond acceptors (Lipinski definition) is 0. The van der Waals surface area contributed by atoms with Crippen molar-refractivity contribution in [2.75, 3.05) is 0 Å². The predicted octanol–water partition coefficient (Wildman–Crippen LogP) is 5.88. The molecule has 96 valence electrons. The second-order valence-corrected chi connectivity index (χ2v) is 5.47. The van der Waals surface area contributed by atoms with Crippen molar-refractivity contribution in [2.45, 2.75) is 58.3 Å². The topological polar surface area (TPSA) is 0 Å². The molecule has 1 rings (SSSR count). The van der Waals surface area contributed by atoms with Crippen LogP contribution in [0.4, 0.5) is 4.39 Å². The maximum atomic E-state index is 13.0. The Morgan fingerprint density at radius 2 is 1.65 bits per heavy atom. The van der Waals surface area contributed by atoms with Crippen LogP contribution in [-0.2, 0) is 6.42 Å². The van der Waals surface area contributed by atoms with Gasteiger partial charge in [-0.25, -0.2) is 4.39 Å². The van der Waals surface area contributed by atoms with Crippen LogP contribution in [-0.4, -0.2) is 0 Å². The van der Waals surface area contributed by atoms with E-state index in [0.717, 1.165) is 6.42 Å². The summed E-state index contributed by atoms with van der Waals surface area (Å²) in [5.74, 6) is -0.173. The van der Waals surface area contributed by atoms with Crippen LogP contribution in [0.15, 0.2) is 22.7 Å². The van der Waals surface area contributed by atoms with Crippen molar-refractivity contribution in [2.24, 2.45) is 0 Å². The average molecular weight is 301 g/mol. The van der Waals surface area contributed by atoms with Crippen molar-refractivity contribution >= 4 is 15.9 Å². The first-order valence-corrected chi connectivity index (χ1v) is 7.47. The highest BCUT2D eigenvalue weighted by Crippen LogP contribution is 2.18. The van der Waals surface area contributed by atoms with E-state index >= 15 is 0 Å². The molecule has 0 aromatic heterocycles. The van der Waals surface area contributed by atoms with E-state index in [4.69, 9.17) is 0 Å². The minimum atomic E-state index is -0.173. The van der Waals surface area contributed by atoms with Crippen molar-refractivity contribution < 1.29 is 4.39 Å². The van der Waals surface area contributed by atoms with Crippen LogP contribution < -0.4 is 0 Å². The van der Waals surface area contributed by atoms with E-state index in [1.165, 1.54) is 50.5 Å². The summed E-state index contributed by atoms with van der Waals surface area (Å²) in [4.78, 5) is 0. The van der Waals surface area contributed by atoms with Gasteiger partial charge in [0.05, 0.1) is 4.47 Å². The van der Waals surface area contributed by atoms with Crippen LogP contribution >= 0.6 is 15.9 Å². The van der Waals surface area contributed by atoms with Gasteiger partial charge in [-0.05, 0) is 46.5 Å². The lowest BCUT2D eigenvalue weighted by Crippen LogP contribution is -1.88. The van der Waals surface area contributed by atoms with Crippen molar-refractivity contribution in [1.82, 2.24) is 0 Å². The Hall–Kier alpha value is -0.370. The fourth-order valence-corrected chi connectivity index (χ4v) is 2.41. The van der Waals surface area contributed by atoms with E-state index in [-0.39, 0.29) is 5.82 Å². The third kappa shape index (κ3) is 6.21. The van der Waals surface area contributed by atoms with Crippen molar-refractivity contribution in [3.63, 3.8) is 0 Å². The first-order chi connectivity index (χ1) is 8.24. The molecule has 0 unspecified atom stereocenters. The molecule has 0 aliphatic heterocycles. The molecular formula is C15H22BrF. The fourth-order valence-electron chi connectivity index (χ4n) is 1.98. The lowest BCUT2D eigenvalue weighted by Gasteiger charge is -2.03. The Labute approximate surface area is 113 Å². The zero-order valence-electron chi connectivity index (χ0n) is 10.6.